The van der Waals surface area contributed by atoms with Gasteiger partial charge in [-0.25, -0.2) is 0 Å². The van der Waals surface area contributed by atoms with Crippen LogP contribution in [0.2, 0.25) is 15.3 Å². The molecule has 2 aromatic rings. The molecular weight excluding hydrogens is 346 g/mol. The third-order valence-electron chi connectivity index (χ3n) is 2.14. The van der Waals surface area contributed by atoms with E-state index in [-0.39, 0.29) is 38.8 Å². The summed E-state index contributed by atoms with van der Waals surface area (Å²) in [5.41, 5.74) is -0.274. The SMILES string of the molecule is COc1nc(Cl)nc(Oc2c(Cl)cc([N+](=O)[O-])cc2Cl)n1. The molecule has 0 atom stereocenters. The molecule has 0 spiro atoms. The molecule has 0 amide bonds. The number of nitro benzene ring substituents is 1. The minimum Gasteiger partial charge on any atom is -0.467 e. The van der Waals surface area contributed by atoms with Crippen molar-refractivity contribution in [2.75, 3.05) is 7.11 Å². The first-order valence-electron chi connectivity index (χ1n) is 5.17. The Kier molecular flexibility index (Phi) is 4.61. The van der Waals surface area contributed by atoms with Crippen molar-refractivity contribution in [3.05, 3.63) is 37.6 Å². The molecule has 1 aromatic carbocycles. The average molecular weight is 352 g/mol. The first-order valence-corrected chi connectivity index (χ1v) is 6.31. The zero-order chi connectivity index (χ0) is 15.6. The number of methoxy groups -OCH3 is 1. The van der Waals surface area contributed by atoms with Crippen LogP contribution in [-0.2, 0) is 0 Å². The van der Waals surface area contributed by atoms with E-state index in [9.17, 15) is 10.1 Å². The summed E-state index contributed by atoms with van der Waals surface area (Å²) in [6, 6.07) is 1.88. The van der Waals surface area contributed by atoms with E-state index in [1.54, 1.807) is 0 Å². The van der Waals surface area contributed by atoms with Crippen molar-refractivity contribution in [3.63, 3.8) is 0 Å². The number of ether oxygens (including phenoxy) is 2. The molecule has 1 heterocycles. The van der Waals surface area contributed by atoms with Crippen LogP contribution in [0.1, 0.15) is 0 Å². The highest BCUT2D eigenvalue weighted by Crippen LogP contribution is 2.38. The average Bonchev–Trinajstić information content (AvgIpc) is 2.41. The Labute approximate surface area is 132 Å². The summed E-state index contributed by atoms with van der Waals surface area (Å²) in [6.45, 7) is 0. The first kappa shape index (κ1) is 15.5. The molecule has 110 valence electrons. The number of halogens is 3. The summed E-state index contributed by atoms with van der Waals surface area (Å²) >= 11 is 17.4. The van der Waals surface area contributed by atoms with Gasteiger partial charge in [-0.2, -0.15) is 9.97 Å². The van der Waals surface area contributed by atoms with Crippen LogP contribution in [0.4, 0.5) is 5.69 Å². The fourth-order valence-corrected chi connectivity index (χ4v) is 1.99. The lowest BCUT2D eigenvalue weighted by Crippen LogP contribution is -1.99. The largest absolute Gasteiger partial charge is 0.467 e. The fraction of sp³-hybridized carbons (Fsp3) is 0.100. The Balaban J connectivity index is 2.40. The quantitative estimate of drug-likeness (QED) is 0.613. The van der Waals surface area contributed by atoms with Crippen molar-refractivity contribution in [2.45, 2.75) is 0 Å². The Morgan fingerprint density at radius 2 is 1.67 bits per heavy atom. The number of aromatic nitrogens is 3. The molecule has 0 radical (unpaired) electrons. The fourth-order valence-electron chi connectivity index (χ4n) is 1.29. The van der Waals surface area contributed by atoms with Gasteiger partial charge in [0.05, 0.1) is 22.1 Å². The zero-order valence-electron chi connectivity index (χ0n) is 10.2. The summed E-state index contributed by atoms with van der Waals surface area (Å²) in [4.78, 5) is 21.2. The smallest absolute Gasteiger partial charge is 0.329 e. The van der Waals surface area contributed by atoms with Crippen molar-refractivity contribution >= 4 is 40.5 Å². The maximum Gasteiger partial charge on any atom is 0.329 e. The molecule has 0 bridgehead atoms. The standard InChI is InChI=1S/C10H5Cl3N4O4/c1-20-9-14-8(13)15-10(16-9)21-7-5(11)2-4(17(18)19)3-6(7)12/h2-3H,1H3. The van der Waals surface area contributed by atoms with Gasteiger partial charge in [0.1, 0.15) is 0 Å². The van der Waals surface area contributed by atoms with Crippen molar-refractivity contribution in [2.24, 2.45) is 0 Å². The lowest BCUT2D eigenvalue weighted by atomic mass is 10.3. The number of hydrogen-bond donors (Lipinski definition) is 0. The van der Waals surface area contributed by atoms with Gasteiger partial charge in [-0.3, -0.25) is 10.1 Å². The Hall–Kier alpha value is -1.90. The minimum atomic E-state index is -0.635. The third-order valence-corrected chi connectivity index (χ3v) is 2.87. The maximum absolute atomic E-state index is 10.7. The van der Waals surface area contributed by atoms with Gasteiger partial charge >= 0.3 is 12.0 Å². The highest BCUT2D eigenvalue weighted by atomic mass is 35.5. The Bertz CT molecular complexity index is 690. The molecule has 2 rings (SSSR count). The summed E-state index contributed by atoms with van der Waals surface area (Å²) < 4.78 is 10.1. The van der Waals surface area contributed by atoms with E-state index in [2.05, 4.69) is 15.0 Å². The number of nitrogens with zero attached hydrogens (tertiary/aromatic N) is 4. The van der Waals surface area contributed by atoms with E-state index in [1.807, 2.05) is 0 Å². The highest BCUT2D eigenvalue weighted by molar-refractivity contribution is 6.37. The molecule has 0 N–H and O–H groups in total. The second kappa shape index (κ2) is 6.25. The predicted molar refractivity (Wildman–Crippen MR) is 74.6 cm³/mol. The molecule has 1 aromatic heterocycles. The Morgan fingerprint density at radius 3 is 2.19 bits per heavy atom. The van der Waals surface area contributed by atoms with Gasteiger partial charge in [-0.05, 0) is 11.6 Å². The summed E-state index contributed by atoms with van der Waals surface area (Å²) in [5, 5.41) is 10.4. The number of rotatable bonds is 4. The van der Waals surface area contributed by atoms with Crippen molar-refractivity contribution in [1.29, 1.82) is 0 Å². The van der Waals surface area contributed by atoms with Crippen molar-refractivity contribution in [3.8, 4) is 17.8 Å². The molecule has 8 nitrogen and oxygen atoms in total. The van der Waals surface area contributed by atoms with Crippen LogP contribution in [0.5, 0.6) is 17.8 Å². The molecule has 0 saturated carbocycles. The molecule has 0 aliphatic heterocycles. The zero-order valence-corrected chi connectivity index (χ0v) is 12.5. The van der Waals surface area contributed by atoms with E-state index in [1.165, 1.54) is 7.11 Å². The number of benzene rings is 1. The van der Waals surface area contributed by atoms with Gasteiger partial charge in [0.15, 0.2) is 5.75 Å². The second-order valence-corrected chi connectivity index (χ2v) is 4.62. The van der Waals surface area contributed by atoms with Gasteiger partial charge in [0.2, 0.25) is 5.28 Å². The lowest BCUT2D eigenvalue weighted by molar-refractivity contribution is -0.384. The molecule has 0 unspecified atom stereocenters. The molecule has 21 heavy (non-hydrogen) atoms. The first-order chi connectivity index (χ1) is 9.90. The number of hydrogen-bond acceptors (Lipinski definition) is 7. The van der Waals surface area contributed by atoms with Crippen LogP contribution in [0, 0.1) is 10.1 Å². The maximum atomic E-state index is 10.7. The van der Waals surface area contributed by atoms with E-state index in [0.29, 0.717) is 0 Å². The third kappa shape index (κ3) is 3.60. The molecule has 0 saturated heterocycles. The number of non-ortho nitro benzene ring substituents is 1. The van der Waals surface area contributed by atoms with Crippen LogP contribution in [0.3, 0.4) is 0 Å². The normalized spacial score (nSPS) is 10.3. The van der Waals surface area contributed by atoms with Crippen LogP contribution in [-0.4, -0.2) is 27.0 Å². The molecular formula is C10H5Cl3N4O4. The molecule has 11 heteroatoms. The molecule has 0 aliphatic carbocycles. The predicted octanol–water partition coefficient (Wildman–Crippen LogP) is 3.54. The highest BCUT2D eigenvalue weighted by Gasteiger charge is 2.18. The monoisotopic (exact) mass is 350 g/mol. The molecule has 0 fully saturated rings. The van der Waals surface area contributed by atoms with Gasteiger partial charge in [0, 0.05) is 12.1 Å². The van der Waals surface area contributed by atoms with E-state index in [0.717, 1.165) is 12.1 Å². The topological polar surface area (TPSA) is 100 Å². The van der Waals surface area contributed by atoms with Crippen molar-refractivity contribution < 1.29 is 14.4 Å². The van der Waals surface area contributed by atoms with Crippen LogP contribution in [0.15, 0.2) is 12.1 Å². The lowest BCUT2D eigenvalue weighted by Gasteiger charge is -2.08. The van der Waals surface area contributed by atoms with Crippen LogP contribution < -0.4 is 9.47 Å². The van der Waals surface area contributed by atoms with Crippen LogP contribution in [0.25, 0.3) is 0 Å². The van der Waals surface area contributed by atoms with Gasteiger partial charge in [-0.1, -0.05) is 23.2 Å². The van der Waals surface area contributed by atoms with Crippen molar-refractivity contribution in [1.82, 2.24) is 15.0 Å². The van der Waals surface area contributed by atoms with E-state index >= 15 is 0 Å². The van der Waals surface area contributed by atoms with Crippen LogP contribution >= 0.6 is 34.8 Å². The van der Waals surface area contributed by atoms with E-state index in [4.69, 9.17) is 44.3 Å². The Morgan fingerprint density at radius 1 is 1.10 bits per heavy atom. The second-order valence-electron chi connectivity index (χ2n) is 3.47. The van der Waals surface area contributed by atoms with Gasteiger partial charge in [0.25, 0.3) is 5.69 Å². The van der Waals surface area contributed by atoms with Gasteiger partial charge in [-0.15, -0.1) is 4.98 Å². The summed E-state index contributed by atoms with van der Waals surface area (Å²) in [7, 11) is 1.33. The summed E-state index contributed by atoms with van der Waals surface area (Å²) in [6.07, 6.45) is 0. The van der Waals surface area contributed by atoms with Gasteiger partial charge < -0.3 is 9.47 Å². The summed E-state index contributed by atoms with van der Waals surface area (Å²) in [5.74, 6) is -0.0479. The number of nitro groups is 1. The molecule has 0 aliphatic rings. The minimum absolute atomic E-state index is 0.0479. The van der Waals surface area contributed by atoms with E-state index < -0.39 is 4.92 Å².